The summed E-state index contributed by atoms with van der Waals surface area (Å²) in [7, 11) is 0. The van der Waals surface area contributed by atoms with Crippen molar-refractivity contribution in [2.75, 3.05) is 5.73 Å². The maximum atomic E-state index is 11.3. The molecule has 0 radical (unpaired) electrons. The maximum absolute atomic E-state index is 11.3. The second kappa shape index (κ2) is 5.18. The van der Waals surface area contributed by atoms with E-state index in [0.29, 0.717) is 36.5 Å². The summed E-state index contributed by atoms with van der Waals surface area (Å²) in [6, 6.07) is 8.74. The van der Waals surface area contributed by atoms with Gasteiger partial charge in [-0.15, -0.1) is 11.3 Å². The number of pyridine rings is 1. The van der Waals surface area contributed by atoms with Crippen LogP contribution in [0.4, 0.5) is 5.69 Å². The molecule has 0 atom stereocenters. The van der Waals surface area contributed by atoms with E-state index in [1.165, 1.54) is 0 Å². The van der Waals surface area contributed by atoms with Gasteiger partial charge in [-0.05, 0) is 30.3 Å². The molecule has 2 aromatic heterocycles. The van der Waals surface area contributed by atoms with E-state index in [0.717, 1.165) is 16.9 Å². The lowest BCUT2D eigenvalue weighted by Crippen LogP contribution is -2.10. The van der Waals surface area contributed by atoms with Gasteiger partial charge in [0.2, 0.25) is 0 Å². The smallest absolute Gasteiger partial charge is 0.260 e. The Kier molecular flexibility index (Phi) is 3.49. The van der Waals surface area contributed by atoms with Crippen LogP contribution in [0.1, 0.15) is 9.67 Å². The van der Waals surface area contributed by atoms with Gasteiger partial charge in [0.15, 0.2) is 0 Å². The number of fused-ring (bicyclic) bond motifs is 1. The summed E-state index contributed by atoms with van der Waals surface area (Å²) < 4.78 is 0. The first-order chi connectivity index (χ1) is 9.97. The standard InChI is InChI=1S/C14H9Cl2N3OS/c15-6-1-3-9(16)8(5-6)10-4-2-7-11(17)12(13(18)20)21-14(7)19-10/h1-5H,17H2,(H2,18,20). The zero-order valence-electron chi connectivity index (χ0n) is 10.6. The SMILES string of the molecule is NC(=O)c1sc2nc(-c3cc(Cl)ccc3Cl)ccc2c1N. The van der Waals surface area contributed by atoms with Gasteiger partial charge >= 0.3 is 0 Å². The van der Waals surface area contributed by atoms with Gasteiger partial charge in [-0.25, -0.2) is 4.98 Å². The molecule has 1 aromatic carbocycles. The Hall–Kier alpha value is -1.82. The summed E-state index contributed by atoms with van der Waals surface area (Å²) >= 11 is 13.3. The van der Waals surface area contributed by atoms with Gasteiger partial charge < -0.3 is 11.5 Å². The van der Waals surface area contributed by atoms with E-state index in [9.17, 15) is 4.79 Å². The minimum atomic E-state index is -0.558. The zero-order valence-corrected chi connectivity index (χ0v) is 12.9. The van der Waals surface area contributed by atoms with Crippen LogP contribution in [0, 0.1) is 0 Å². The van der Waals surface area contributed by atoms with Gasteiger partial charge in [0.05, 0.1) is 16.4 Å². The average Bonchev–Trinajstić information content (AvgIpc) is 2.78. The van der Waals surface area contributed by atoms with Crippen LogP contribution in [0.15, 0.2) is 30.3 Å². The predicted octanol–water partition coefficient (Wildman–Crippen LogP) is 3.95. The molecule has 4 N–H and O–H groups in total. The fourth-order valence-electron chi connectivity index (χ4n) is 2.02. The molecular formula is C14H9Cl2N3OS. The molecule has 3 rings (SSSR count). The molecule has 0 aliphatic carbocycles. The van der Waals surface area contributed by atoms with Crippen LogP contribution in [-0.2, 0) is 0 Å². The second-order valence-electron chi connectivity index (χ2n) is 4.38. The second-order valence-corrected chi connectivity index (χ2v) is 6.23. The zero-order chi connectivity index (χ0) is 15.1. The number of nitrogens with two attached hydrogens (primary N) is 2. The maximum Gasteiger partial charge on any atom is 0.260 e. The summed E-state index contributed by atoms with van der Waals surface area (Å²) in [4.78, 5) is 16.8. The summed E-state index contributed by atoms with van der Waals surface area (Å²) in [6.45, 7) is 0. The number of nitrogens with zero attached hydrogens (tertiary/aromatic N) is 1. The Morgan fingerprint density at radius 2 is 1.95 bits per heavy atom. The number of halogens is 2. The number of aromatic nitrogens is 1. The average molecular weight is 338 g/mol. The van der Waals surface area contributed by atoms with Crippen LogP contribution >= 0.6 is 34.5 Å². The highest BCUT2D eigenvalue weighted by atomic mass is 35.5. The van der Waals surface area contributed by atoms with Crippen molar-refractivity contribution in [1.29, 1.82) is 0 Å². The van der Waals surface area contributed by atoms with Gasteiger partial charge in [0, 0.05) is 16.0 Å². The Morgan fingerprint density at radius 3 is 2.67 bits per heavy atom. The number of carbonyl (C=O) groups excluding carboxylic acids is 1. The molecule has 0 fully saturated rings. The lowest BCUT2D eigenvalue weighted by atomic mass is 10.1. The van der Waals surface area contributed by atoms with E-state index >= 15 is 0 Å². The topological polar surface area (TPSA) is 82.0 Å². The van der Waals surface area contributed by atoms with E-state index in [1.54, 1.807) is 30.3 Å². The Balaban J connectivity index is 2.22. The predicted molar refractivity (Wildman–Crippen MR) is 88.0 cm³/mol. The molecule has 4 nitrogen and oxygen atoms in total. The van der Waals surface area contributed by atoms with Crippen LogP contribution in [0.25, 0.3) is 21.5 Å². The summed E-state index contributed by atoms with van der Waals surface area (Å²) in [5, 5.41) is 1.82. The third-order valence-corrected chi connectivity index (χ3v) is 4.72. The third-order valence-electron chi connectivity index (χ3n) is 3.02. The van der Waals surface area contributed by atoms with E-state index in [2.05, 4.69) is 4.98 Å². The molecule has 106 valence electrons. The number of thiophene rings is 1. The van der Waals surface area contributed by atoms with Crippen molar-refractivity contribution in [2.24, 2.45) is 5.73 Å². The van der Waals surface area contributed by atoms with E-state index < -0.39 is 5.91 Å². The molecule has 7 heteroatoms. The highest BCUT2D eigenvalue weighted by Crippen LogP contribution is 2.35. The number of benzene rings is 1. The van der Waals surface area contributed by atoms with E-state index in [4.69, 9.17) is 34.7 Å². The van der Waals surface area contributed by atoms with Crippen LogP contribution in [0.3, 0.4) is 0 Å². The molecule has 0 aliphatic heterocycles. The largest absolute Gasteiger partial charge is 0.397 e. The lowest BCUT2D eigenvalue weighted by molar-refractivity contribution is 0.100. The van der Waals surface area contributed by atoms with Crippen LogP contribution in [0.2, 0.25) is 10.0 Å². The Bertz CT molecular complexity index is 876. The van der Waals surface area contributed by atoms with Crippen LogP contribution in [0.5, 0.6) is 0 Å². The molecule has 1 amide bonds. The van der Waals surface area contributed by atoms with E-state index in [-0.39, 0.29) is 0 Å². The summed E-state index contributed by atoms with van der Waals surface area (Å²) in [6.07, 6.45) is 0. The Labute approximate surface area is 134 Å². The molecule has 0 bridgehead atoms. The number of hydrogen-bond donors (Lipinski definition) is 2. The Morgan fingerprint density at radius 1 is 1.19 bits per heavy atom. The minimum absolute atomic E-state index is 0.312. The first-order valence-corrected chi connectivity index (χ1v) is 7.49. The van der Waals surface area contributed by atoms with Crippen molar-refractivity contribution in [2.45, 2.75) is 0 Å². The molecule has 0 saturated heterocycles. The summed E-state index contributed by atoms with van der Waals surface area (Å²) in [5.41, 5.74) is 12.9. The van der Waals surface area contributed by atoms with Crippen molar-refractivity contribution in [1.82, 2.24) is 4.98 Å². The van der Waals surface area contributed by atoms with Crippen molar-refractivity contribution >= 4 is 56.3 Å². The van der Waals surface area contributed by atoms with Gasteiger partial charge in [-0.2, -0.15) is 0 Å². The number of anilines is 1. The number of rotatable bonds is 2. The third kappa shape index (κ3) is 2.44. The molecule has 0 unspecified atom stereocenters. The quantitative estimate of drug-likeness (QED) is 0.742. The number of primary amides is 1. The van der Waals surface area contributed by atoms with Crippen molar-refractivity contribution in [3.8, 4) is 11.3 Å². The van der Waals surface area contributed by atoms with Crippen molar-refractivity contribution in [3.63, 3.8) is 0 Å². The fourth-order valence-corrected chi connectivity index (χ4v) is 3.36. The van der Waals surface area contributed by atoms with Gasteiger partial charge in [-0.3, -0.25) is 4.79 Å². The fraction of sp³-hybridized carbons (Fsp3) is 0. The number of hydrogen-bond acceptors (Lipinski definition) is 4. The molecule has 0 spiro atoms. The summed E-state index contributed by atoms with van der Waals surface area (Å²) in [5.74, 6) is -0.558. The van der Waals surface area contributed by atoms with E-state index in [1.807, 2.05) is 0 Å². The molecule has 0 aliphatic rings. The van der Waals surface area contributed by atoms with Crippen LogP contribution < -0.4 is 11.5 Å². The molecule has 2 heterocycles. The highest BCUT2D eigenvalue weighted by molar-refractivity contribution is 7.21. The first kappa shape index (κ1) is 14.1. The molecule has 3 aromatic rings. The van der Waals surface area contributed by atoms with Gasteiger partial charge in [0.1, 0.15) is 9.71 Å². The molecule has 21 heavy (non-hydrogen) atoms. The monoisotopic (exact) mass is 337 g/mol. The van der Waals surface area contributed by atoms with Gasteiger partial charge in [0.25, 0.3) is 5.91 Å². The molecule has 0 saturated carbocycles. The van der Waals surface area contributed by atoms with Crippen LogP contribution in [-0.4, -0.2) is 10.9 Å². The van der Waals surface area contributed by atoms with Crippen molar-refractivity contribution in [3.05, 3.63) is 45.3 Å². The number of amides is 1. The highest BCUT2D eigenvalue weighted by Gasteiger charge is 2.16. The van der Waals surface area contributed by atoms with Crippen molar-refractivity contribution < 1.29 is 4.79 Å². The lowest BCUT2D eigenvalue weighted by Gasteiger charge is -2.04. The first-order valence-electron chi connectivity index (χ1n) is 5.91. The number of carbonyl (C=O) groups is 1. The van der Waals surface area contributed by atoms with Gasteiger partial charge in [-0.1, -0.05) is 23.2 Å². The number of nitrogen functional groups attached to an aromatic ring is 1. The minimum Gasteiger partial charge on any atom is -0.397 e. The normalized spacial score (nSPS) is 11.0. The molecular weight excluding hydrogens is 329 g/mol.